The van der Waals surface area contributed by atoms with E-state index in [0.717, 1.165) is 19.3 Å². The minimum absolute atomic E-state index is 0.0312. The van der Waals surface area contributed by atoms with E-state index in [-0.39, 0.29) is 16.2 Å². The van der Waals surface area contributed by atoms with Crippen LogP contribution in [0.15, 0.2) is 16.6 Å². The summed E-state index contributed by atoms with van der Waals surface area (Å²) in [5.41, 5.74) is 0. The zero-order valence-corrected chi connectivity index (χ0v) is 11.1. The molecule has 2 aromatic rings. The van der Waals surface area contributed by atoms with E-state index in [9.17, 15) is 8.42 Å². The summed E-state index contributed by atoms with van der Waals surface area (Å²) in [6.07, 6.45) is 4.51. The van der Waals surface area contributed by atoms with Crippen molar-refractivity contribution in [3.05, 3.63) is 16.7 Å². The second-order valence-electron chi connectivity index (χ2n) is 4.01. The van der Waals surface area contributed by atoms with Gasteiger partial charge in [-0.05, 0) is 12.8 Å². The lowest BCUT2D eigenvalue weighted by atomic mass is 9.94. The van der Waals surface area contributed by atoms with Crippen LogP contribution in [0, 0.1) is 0 Å². The SMILES string of the molecule is O=S(=O)(NC1CCC1)c1c(Cl)nc2sccn12. The highest BCUT2D eigenvalue weighted by atomic mass is 35.5. The zero-order valence-electron chi connectivity index (χ0n) is 8.76. The van der Waals surface area contributed by atoms with Crippen LogP contribution in [0.1, 0.15) is 19.3 Å². The van der Waals surface area contributed by atoms with Crippen molar-refractivity contribution in [1.82, 2.24) is 14.1 Å². The van der Waals surface area contributed by atoms with Crippen molar-refractivity contribution in [2.45, 2.75) is 30.3 Å². The van der Waals surface area contributed by atoms with E-state index in [1.807, 2.05) is 0 Å². The molecule has 0 saturated heterocycles. The van der Waals surface area contributed by atoms with Crippen LogP contribution in [-0.2, 0) is 10.0 Å². The lowest BCUT2D eigenvalue weighted by molar-refractivity contribution is 0.383. The molecule has 0 amide bonds. The number of hydrogen-bond donors (Lipinski definition) is 1. The normalized spacial score (nSPS) is 17.5. The number of thiazole rings is 1. The third-order valence-electron chi connectivity index (χ3n) is 2.86. The molecule has 92 valence electrons. The van der Waals surface area contributed by atoms with Gasteiger partial charge in [0.15, 0.2) is 15.1 Å². The summed E-state index contributed by atoms with van der Waals surface area (Å²) in [5, 5.41) is 1.85. The van der Waals surface area contributed by atoms with Crippen LogP contribution in [0.3, 0.4) is 0 Å². The van der Waals surface area contributed by atoms with Crippen molar-refractivity contribution < 1.29 is 8.42 Å². The van der Waals surface area contributed by atoms with E-state index < -0.39 is 10.0 Å². The molecule has 1 N–H and O–H groups in total. The third-order valence-corrected chi connectivity index (χ3v) is 5.54. The number of fused-ring (bicyclic) bond motifs is 1. The van der Waals surface area contributed by atoms with Gasteiger partial charge in [0, 0.05) is 17.6 Å². The predicted octanol–water partition coefficient (Wildman–Crippen LogP) is 1.88. The monoisotopic (exact) mass is 291 g/mol. The number of nitrogens with zero attached hydrogens (tertiary/aromatic N) is 2. The summed E-state index contributed by atoms with van der Waals surface area (Å²) in [7, 11) is -3.58. The Morgan fingerprint density at radius 3 is 2.94 bits per heavy atom. The molecule has 8 heteroatoms. The Hall–Kier alpha value is -0.630. The van der Waals surface area contributed by atoms with E-state index in [0.29, 0.717) is 4.96 Å². The molecule has 1 aliphatic carbocycles. The largest absolute Gasteiger partial charge is 0.279 e. The van der Waals surface area contributed by atoms with Gasteiger partial charge in [0.25, 0.3) is 10.0 Å². The molecule has 1 saturated carbocycles. The molecular weight excluding hydrogens is 282 g/mol. The fourth-order valence-electron chi connectivity index (χ4n) is 1.78. The summed E-state index contributed by atoms with van der Waals surface area (Å²) in [6, 6.07) is 0.0419. The molecule has 0 bridgehead atoms. The van der Waals surface area contributed by atoms with Crippen LogP contribution in [0.25, 0.3) is 4.96 Å². The molecule has 0 radical (unpaired) electrons. The topological polar surface area (TPSA) is 63.5 Å². The van der Waals surface area contributed by atoms with E-state index in [4.69, 9.17) is 11.6 Å². The van der Waals surface area contributed by atoms with Crippen molar-refractivity contribution in [3.63, 3.8) is 0 Å². The fraction of sp³-hybridized carbons (Fsp3) is 0.444. The van der Waals surface area contributed by atoms with Gasteiger partial charge in [-0.25, -0.2) is 18.1 Å². The Morgan fingerprint density at radius 1 is 1.53 bits per heavy atom. The summed E-state index contributed by atoms with van der Waals surface area (Å²) in [4.78, 5) is 4.61. The maximum Gasteiger partial charge on any atom is 0.260 e. The number of imidazole rings is 1. The highest BCUT2D eigenvalue weighted by Gasteiger charge is 2.29. The second kappa shape index (κ2) is 3.94. The second-order valence-corrected chi connectivity index (χ2v) is 6.87. The molecule has 0 atom stereocenters. The molecule has 0 unspecified atom stereocenters. The van der Waals surface area contributed by atoms with E-state index in [1.165, 1.54) is 15.7 Å². The summed E-state index contributed by atoms with van der Waals surface area (Å²) < 4.78 is 28.5. The first-order valence-corrected chi connectivity index (χ1v) is 7.95. The van der Waals surface area contributed by atoms with Crippen molar-refractivity contribution in [2.75, 3.05) is 0 Å². The van der Waals surface area contributed by atoms with Gasteiger partial charge in [-0.3, -0.25) is 4.40 Å². The minimum atomic E-state index is -3.58. The smallest absolute Gasteiger partial charge is 0.260 e. The summed E-state index contributed by atoms with van der Waals surface area (Å²) in [6.45, 7) is 0. The quantitative estimate of drug-likeness (QED) is 0.939. The maximum absolute atomic E-state index is 12.2. The molecule has 5 nitrogen and oxygen atoms in total. The van der Waals surface area contributed by atoms with Gasteiger partial charge in [-0.2, -0.15) is 0 Å². The Labute approximate surface area is 107 Å². The number of halogens is 1. The van der Waals surface area contributed by atoms with Gasteiger partial charge in [-0.15, -0.1) is 11.3 Å². The van der Waals surface area contributed by atoms with Gasteiger partial charge < -0.3 is 0 Å². The Morgan fingerprint density at radius 2 is 2.29 bits per heavy atom. The number of sulfonamides is 1. The number of rotatable bonds is 3. The molecule has 0 aliphatic heterocycles. The zero-order chi connectivity index (χ0) is 12.0. The minimum Gasteiger partial charge on any atom is -0.279 e. The van der Waals surface area contributed by atoms with Gasteiger partial charge in [0.2, 0.25) is 0 Å². The first kappa shape index (κ1) is 11.5. The van der Waals surface area contributed by atoms with Crippen molar-refractivity contribution >= 4 is 37.9 Å². The van der Waals surface area contributed by atoms with Crippen LogP contribution < -0.4 is 4.72 Å². The van der Waals surface area contributed by atoms with Gasteiger partial charge in [0.1, 0.15) is 0 Å². The van der Waals surface area contributed by atoms with Crippen LogP contribution in [0.5, 0.6) is 0 Å². The fourth-order valence-corrected chi connectivity index (χ4v) is 4.54. The van der Waals surface area contributed by atoms with Crippen molar-refractivity contribution in [1.29, 1.82) is 0 Å². The van der Waals surface area contributed by atoms with Crippen LogP contribution in [0.4, 0.5) is 0 Å². The number of nitrogens with one attached hydrogen (secondary N) is 1. The molecule has 1 fully saturated rings. The molecule has 0 spiro atoms. The lowest BCUT2D eigenvalue weighted by Crippen LogP contribution is -2.39. The Balaban J connectivity index is 2.06. The van der Waals surface area contributed by atoms with E-state index >= 15 is 0 Å². The maximum atomic E-state index is 12.2. The Kier molecular flexibility index (Phi) is 2.66. The van der Waals surface area contributed by atoms with E-state index in [2.05, 4.69) is 9.71 Å². The molecule has 17 heavy (non-hydrogen) atoms. The average molecular weight is 292 g/mol. The van der Waals surface area contributed by atoms with E-state index in [1.54, 1.807) is 11.6 Å². The highest BCUT2D eigenvalue weighted by molar-refractivity contribution is 7.89. The van der Waals surface area contributed by atoms with Crippen LogP contribution in [-0.4, -0.2) is 23.8 Å². The lowest BCUT2D eigenvalue weighted by Gasteiger charge is -2.25. The van der Waals surface area contributed by atoms with Gasteiger partial charge >= 0.3 is 0 Å². The molecule has 1 aliphatic rings. The summed E-state index contributed by atoms with van der Waals surface area (Å²) in [5.74, 6) is 0. The molecule has 2 heterocycles. The first-order valence-electron chi connectivity index (χ1n) is 5.21. The van der Waals surface area contributed by atoms with Crippen LogP contribution >= 0.6 is 22.9 Å². The molecule has 3 rings (SSSR count). The average Bonchev–Trinajstić information content (AvgIpc) is 2.70. The molecule has 0 aromatic carbocycles. The summed E-state index contributed by atoms with van der Waals surface area (Å²) >= 11 is 7.25. The van der Waals surface area contributed by atoms with Crippen molar-refractivity contribution in [2.24, 2.45) is 0 Å². The molecule has 2 aromatic heterocycles. The standard InChI is InChI=1S/C9H10ClN3O2S2/c10-7-8(13-4-5-16-9(13)11-7)17(14,15)12-6-2-1-3-6/h4-6,12H,1-3H2. The number of hydrogen-bond acceptors (Lipinski definition) is 4. The predicted molar refractivity (Wildman–Crippen MR) is 66.0 cm³/mol. The Bertz CT molecular complexity index is 657. The highest BCUT2D eigenvalue weighted by Crippen LogP contribution is 2.27. The van der Waals surface area contributed by atoms with Crippen LogP contribution in [0.2, 0.25) is 5.15 Å². The number of aromatic nitrogens is 2. The first-order chi connectivity index (χ1) is 8.08. The van der Waals surface area contributed by atoms with Crippen molar-refractivity contribution in [3.8, 4) is 0 Å². The van der Waals surface area contributed by atoms with Gasteiger partial charge in [0.05, 0.1) is 0 Å². The third kappa shape index (κ3) is 1.87. The van der Waals surface area contributed by atoms with Gasteiger partial charge in [-0.1, -0.05) is 18.0 Å². The molecular formula is C9H10ClN3O2S2.